The van der Waals surface area contributed by atoms with Gasteiger partial charge in [0.2, 0.25) is 0 Å². The van der Waals surface area contributed by atoms with Crippen LogP contribution in [0.2, 0.25) is 5.02 Å². The van der Waals surface area contributed by atoms with Crippen LogP contribution in [-0.4, -0.2) is 27.1 Å². The van der Waals surface area contributed by atoms with Crippen LogP contribution in [0.3, 0.4) is 0 Å². The number of halogens is 1. The summed E-state index contributed by atoms with van der Waals surface area (Å²) in [5, 5.41) is 4.88. The van der Waals surface area contributed by atoms with Crippen LogP contribution in [0, 0.1) is 0 Å². The molecule has 0 bridgehead atoms. The van der Waals surface area contributed by atoms with E-state index in [-0.39, 0.29) is 5.91 Å². The normalized spacial score (nSPS) is 10.6. The molecule has 1 aromatic heterocycles. The number of aromatic nitrogens is 2. The van der Waals surface area contributed by atoms with Crippen molar-refractivity contribution in [1.29, 1.82) is 0 Å². The molecule has 0 aliphatic carbocycles. The van der Waals surface area contributed by atoms with Gasteiger partial charge < -0.3 is 4.90 Å². The van der Waals surface area contributed by atoms with Gasteiger partial charge in [-0.3, -0.25) is 9.48 Å². The van der Waals surface area contributed by atoms with E-state index < -0.39 is 0 Å². The summed E-state index contributed by atoms with van der Waals surface area (Å²) >= 11 is 6.03. The third kappa shape index (κ3) is 4.48. The largest absolute Gasteiger partial charge is 0.335 e. The topological polar surface area (TPSA) is 38.1 Å². The highest BCUT2D eigenvalue weighted by Gasteiger charge is 2.14. The fraction of sp³-hybridized carbons (Fsp3) is 0.200. The molecule has 3 rings (SSSR count). The van der Waals surface area contributed by atoms with E-state index in [1.165, 1.54) is 0 Å². The number of rotatable bonds is 6. The van der Waals surface area contributed by atoms with Crippen LogP contribution in [0.1, 0.15) is 28.4 Å². The summed E-state index contributed by atoms with van der Waals surface area (Å²) in [6.07, 6.45) is 3.68. The Labute approximate surface area is 152 Å². The third-order valence-electron chi connectivity index (χ3n) is 4.04. The van der Waals surface area contributed by atoms with Crippen molar-refractivity contribution in [3.8, 4) is 0 Å². The Hall–Kier alpha value is -2.59. The average molecular weight is 354 g/mol. The molecule has 1 heterocycles. The van der Waals surface area contributed by atoms with Crippen LogP contribution < -0.4 is 0 Å². The van der Waals surface area contributed by atoms with E-state index in [0.29, 0.717) is 30.2 Å². The zero-order valence-corrected chi connectivity index (χ0v) is 14.9. The Bertz CT molecular complexity index is 828. The summed E-state index contributed by atoms with van der Waals surface area (Å²) in [7, 11) is 0. The SMILES string of the molecule is CCN(Cc1cccc(Cl)c1)C(=O)c1ccc(Cn2cccn2)cc1. The second-order valence-electron chi connectivity index (χ2n) is 5.85. The zero-order valence-electron chi connectivity index (χ0n) is 14.1. The lowest BCUT2D eigenvalue weighted by Crippen LogP contribution is -2.30. The molecule has 0 atom stereocenters. The van der Waals surface area contributed by atoms with Gasteiger partial charge in [-0.2, -0.15) is 5.10 Å². The number of nitrogens with zero attached hydrogens (tertiary/aromatic N) is 3. The molecule has 2 aromatic carbocycles. The predicted octanol–water partition coefficient (Wildman–Crippen LogP) is 4.25. The van der Waals surface area contributed by atoms with Gasteiger partial charge in [-0.05, 0) is 48.4 Å². The van der Waals surface area contributed by atoms with Gasteiger partial charge in [0, 0.05) is 36.1 Å². The molecular weight excluding hydrogens is 334 g/mol. The number of hydrogen-bond acceptors (Lipinski definition) is 2. The van der Waals surface area contributed by atoms with Crippen LogP contribution >= 0.6 is 11.6 Å². The summed E-state index contributed by atoms with van der Waals surface area (Å²) in [5.41, 5.74) is 2.82. The van der Waals surface area contributed by atoms with Crippen LogP contribution in [-0.2, 0) is 13.1 Å². The molecule has 0 saturated heterocycles. The Balaban J connectivity index is 1.69. The van der Waals surface area contributed by atoms with E-state index in [2.05, 4.69) is 5.10 Å². The summed E-state index contributed by atoms with van der Waals surface area (Å²) in [6, 6.07) is 17.2. The Kier molecular flexibility index (Phi) is 5.51. The number of carbonyl (C=O) groups excluding carboxylic acids is 1. The van der Waals surface area contributed by atoms with Gasteiger partial charge in [-0.25, -0.2) is 0 Å². The van der Waals surface area contributed by atoms with E-state index in [0.717, 1.165) is 11.1 Å². The average Bonchev–Trinajstić information content (AvgIpc) is 3.13. The van der Waals surface area contributed by atoms with Crippen molar-refractivity contribution in [1.82, 2.24) is 14.7 Å². The highest BCUT2D eigenvalue weighted by atomic mass is 35.5. The van der Waals surface area contributed by atoms with E-state index in [1.54, 1.807) is 6.20 Å². The van der Waals surface area contributed by atoms with Gasteiger partial charge in [0.25, 0.3) is 5.91 Å². The lowest BCUT2D eigenvalue weighted by Gasteiger charge is -2.21. The van der Waals surface area contributed by atoms with Crippen molar-refractivity contribution in [2.75, 3.05) is 6.54 Å². The molecule has 0 fully saturated rings. The maximum absolute atomic E-state index is 12.8. The van der Waals surface area contributed by atoms with Gasteiger partial charge in [0.05, 0.1) is 6.54 Å². The minimum Gasteiger partial charge on any atom is -0.335 e. The number of amides is 1. The van der Waals surface area contributed by atoms with Gasteiger partial charge in [0.1, 0.15) is 0 Å². The van der Waals surface area contributed by atoms with Crippen molar-refractivity contribution in [2.24, 2.45) is 0 Å². The molecule has 3 aromatic rings. The number of benzene rings is 2. The molecule has 0 aliphatic heterocycles. The van der Waals surface area contributed by atoms with E-state index in [4.69, 9.17) is 11.6 Å². The maximum atomic E-state index is 12.8. The summed E-state index contributed by atoms with van der Waals surface area (Å²) in [6.45, 7) is 3.86. The lowest BCUT2D eigenvalue weighted by atomic mass is 10.1. The van der Waals surface area contributed by atoms with Crippen molar-refractivity contribution in [2.45, 2.75) is 20.0 Å². The summed E-state index contributed by atoms with van der Waals surface area (Å²) in [4.78, 5) is 14.6. The van der Waals surface area contributed by atoms with Gasteiger partial charge in [-0.1, -0.05) is 35.9 Å². The van der Waals surface area contributed by atoms with Crippen LogP contribution in [0.4, 0.5) is 0 Å². The predicted molar refractivity (Wildman–Crippen MR) is 99.6 cm³/mol. The first-order chi connectivity index (χ1) is 12.2. The van der Waals surface area contributed by atoms with Crippen LogP contribution in [0.5, 0.6) is 0 Å². The van der Waals surface area contributed by atoms with Crippen LogP contribution in [0.15, 0.2) is 67.0 Å². The van der Waals surface area contributed by atoms with Crippen LogP contribution in [0.25, 0.3) is 0 Å². The molecule has 0 spiro atoms. The first kappa shape index (κ1) is 17.2. The van der Waals surface area contributed by atoms with Gasteiger partial charge in [-0.15, -0.1) is 0 Å². The highest BCUT2D eigenvalue weighted by Crippen LogP contribution is 2.15. The highest BCUT2D eigenvalue weighted by molar-refractivity contribution is 6.30. The monoisotopic (exact) mass is 353 g/mol. The summed E-state index contributed by atoms with van der Waals surface area (Å²) in [5.74, 6) is 0.0214. The van der Waals surface area contributed by atoms with E-state index in [1.807, 2.05) is 77.3 Å². The molecule has 25 heavy (non-hydrogen) atoms. The fourth-order valence-corrected chi connectivity index (χ4v) is 2.91. The molecule has 4 nitrogen and oxygen atoms in total. The fourth-order valence-electron chi connectivity index (χ4n) is 2.70. The molecule has 128 valence electrons. The molecular formula is C20H20ClN3O. The lowest BCUT2D eigenvalue weighted by molar-refractivity contribution is 0.0752. The quantitative estimate of drug-likeness (QED) is 0.664. The summed E-state index contributed by atoms with van der Waals surface area (Å²) < 4.78 is 1.86. The van der Waals surface area contributed by atoms with Crippen molar-refractivity contribution < 1.29 is 4.79 Å². The van der Waals surface area contributed by atoms with Crippen molar-refractivity contribution in [3.63, 3.8) is 0 Å². The molecule has 1 amide bonds. The first-order valence-electron chi connectivity index (χ1n) is 8.26. The molecule has 0 N–H and O–H groups in total. The second-order valence-corrected chi connectivity index (χ2v) is 6.29. The number of carbonyl (C=O) groups is 1. The second kappa shape index (κ2) is 7.99. The van der Waals surface area contributed by atoms with Crippen molar-refractivity contribution in [3.05, 3.63) is 88.7 Å². The molecule has 0 radical (unpaired) electrons. The zero-order chi connectivity index (χ0) is 17.6. The van der Waals surface area contributed by atoms with Crippen molar-refractivity contribution >= 4 is 17.5 Å². The maximum Gasteiger partial charge on any atom is 0.254 e. The molecule has 0 unspecified atom stereocenters. The molecule has 0 aliphatic rings. The minimum atomic E-state index is 0.0214. The molecule has 5 heteroatoms. The third-order valence-corrected chi connectivity index (χ3v) is 4.27. The standard InChI is InChI=1S/C20H20ClN3O/c1-2-23(14-17-5-3-6-19(21)13-17)20(25)18-9-7-16(8-10-18)15-24-12-4-11-22-24/h3-13H,2,14-15H2,1H3. The minimum absolute atomic E-state index is 0.0214. The Morgan fingerprint density at radius 3 is 2.56 bits per heavy atom. The first-order valence-corrected chi connectivity index (χ1v) is 8.63. The number of hydrogen-bond donors (Lipinski definition) is 0. The molecule has 0 saturated carbocycles. The van der Waals surface area contributed by atoms with Gasteiger partial charge >= 0.3 is 0 Å². The van der Waals surface area contributed by atoms with Gasteiger partial charge in [0.15, 0.2) is 0 Å². The van der Waals surface area contributed by atoms with E-state index >= 15 is 0 Å². The van der Waals surface area contributed by atoms with E-state index in [9.17, 15) is 4.79 Å². The smallest absolute Gasteiger partial charge is 0.254 e. The Morgan fingerprint density at radius 2 is 1.92 bits per heavy atom. The Morgan fingerprint density at radius 1 is 1.12 bits per heavy atom.